The summed E-state index contributed by atoms with van der Waals surface area (Å²) in [6, 6.07) is 0. The number of thiol groups is 1. The number of hydrogen-bond acceptors (Lipinski definition) is 3. The third-order valence-corrected chi connectivity index (χ3v) is 0. The molecule has 0 rings (SSSR count). The summed E-state index contributed by atoms with van der Waals surface area (Å²) in [7, 11) is 0. The Morgan fingerprint density at radius 2 is 1.43 bits per heavy atom. The van der Waals surface area contributed by atoms with E-state index in [1.54, 1.807) is 0 Å². The molecule has 0 fully saturated rings. The van der Waals surface area contributed by atoms with Crippen LogP contribution in [0.2, 0.25) is 0 Å². The summed E-state index contributed by atoms with van der Waals surface area (Å²) in [6.45, 7) is 0. The van der Waals surface area contributed by atoms with Gasteiger partial charge in [-0.1, -0.05) is 0 Å². The second-order valence-corrected chi connectivity index (χ2v) is 0.283. The fourth-order valence-electron chi connectivity index (χ4n) is 0. The maximum atomic E-state index is 8.56. The summed E-state index contributed by atoms with van der Waals surface area (Å²) >= 11 is 2.53. The number of carboxylic acid groups (broad SMARTS) is 2. The van der Waals surface area contributed by atoms with Crippen molar-refractivity contribution in [3.63, 3.8) is 0 Å². The zero-order valence-electron chi connectivity index (χ0n) is 4.70. The Balaban J connectivity index is -0.0000000183. The molecule has 0 aliphatic rings. The first-order valence-corrected chi connectivity index (χ1v) is 1.25. The van der Waals surface area contributed by atoms with Crippen molar-refractivity contribution in [2.45, 2.75) is 0 Å². The van der Waals surface area contributed by atoms with Crippen LogP contribution < -0.4 is 29.6 Å². The molecule has 0 radical (unpaired) electrons. The second-order valence-electron chi connectivity index (χ2n) is 0.283. The molecule has 0 aromatic carbocycles. The van der Waals surface area contributed by atoms with Crippen molar-refractivity contribution in [1.29, 1.82) is 0 Å². The zero-order valence-corrected chi connectivity index (χ0v) is 6.59. The van der Waals surface area contributed by atoms with Crippen LogP contribution in [-0.4, -0.2) is 20.9 Å². The van der Waals surface area contributed by atoms with E-state index in [0.29, 0.717) is 0 Å². The Bertz CT molecular complexity index is 39.0. The molecule has 0 aliphatic heterocycles. The summed E-state index contributed by atoms with van der Waals surface area (Å²) in [5.41, 5.74) is 0. The van der Waals surface area contributed by atoms with Crippen molar-refractivity contribution in [3.05, 3.63) is 0 Å². The Hall–Kier alpha value is 0.580. The second kappa shape index (κ2) is 16.0. The van der Waals surface area contributed by atoms with Crippen molar-refractivity contribution in [2.75, 3.05) is 0 Å². The molecule has 0 spiro atoms. The van der Waals surface area contributed by atoms with Crippen LogP contribution in [-0.2, 0) is 0 Å². The van der Waals surface area contributed by atoms with Gasteiger partial charge < -0.3 is 16.2 Å². The summed E-state index contributed by atoms with van der Waals surface area (Å²) in [6.07, 6.45) is -1.83. The minimum absolute atomic E-state index is 0. The minimum atomic E-state index is -1.83. The molecular weight excluding hydrogens is 131 g/mol. The average molecular weight is 136 g/mol. The van der Waals surface area contributed by atoms with E-state index in [1.807, 2.05) is 0 Å². The molecule has 0 heterocycles. The van der Waals surface area contributed by atoms with Crippen molar-refractivity contribution in [1.82, 2.24) is 0 Å². The smallest absolute Gasteiger partial charge is 1.00 e. The first-order valence-electron chi connectivity index (χ1n) is 0.851. The maximum absolute atomic E-state index is 8.56. The normalized spacial score (nSPS) is 4.29. The summed E-state index contributed by atoms with van der Waals surface area (Å²) in [5, 5.41) is 13.9. The van der Waals surface area contributed by atoms with Crippen LogP contribution in [0.15, 0.2) is 0 Å². The molecule has 0 saturated heterocycles. The first-order chi connectivity index (χ1) is 2.73. The van der Waals surface area contributed by atoms with Gasteiger partial charge in [-0.3, -0.25) is 0 Å². The predicted molar refractivity (Wildman–Crippen MR) is 23.4 cm³/mol. The molecule has 0 aromatic heterocycles. The fraction of sp³-hybridized carbons (Fsp3) is 0. The Morgan fingerprint density at radius 1 is 1.43 bits per heavy atom. The van der Waals surface area contributed by atoms with Gasteiger partial charge in [0.15, 0.2) is 0 Å². The topological polar surface area (TPSA) is 77.8 Å². The average Bonchev–Trinajstić information content (AvgIpc) is 1.41. The number of carbonyl (C=O) groups is 1. The minimum Gasteiger partial charge on any atom is -1.00 e. The predicted octanol–water partition coefficient (Wildman–Crippen LogP) is -2.27. The van der Waals surface area contributed by atoms with Crippen LogP contribution in [0, 0.1) is 0 Å². The van der Waals surface area contributed by atoms with Gasteiger partial charge in [-0.05, 0) is 12.9 Å². The molecule has 4 nitrogen and oxygen atoms in total. The standard InChI is InChI=1S/CH2O3.Na.H2OS.H/c2-1(3)4;;1-2;/h(H2,2,3,4);;1-2H;/q;+1;;-1. The van der Waals surface area contributed by atoms with Gasteiger partial charge in [-0.25, -0.2) is 4.79 Å². The Labute approximate surface area is 69.6 Å². The molecule has 0 atom stereocenters. The SMILES string of the molecule is O=C(O)O.OS.[H-].[Na+]. The number of rotatable bonds is 0. The molecule has 0 aromatic rings. The van der Waals surface area contributed by atoms with Gasteiger partial charge in [0.2, 0.25) is 0 Å². The molecule has 6 heteroatoms. The monoisotopic (exact) mass is 136 g/mol. The van der Waals surface area contributed by atoms with Crippen molar-refractivity contribution >= 4 is 19.1 Å². The van der Waals surface area contributed by atoms with Gasteiger partial charge in [0.1, 0.15) is 0 Å². The third kappa shape index (κ3) is 410. The van der Waals surface area contributed by atoms with E-state index in [2.05, 4.69) is 12.9 Å². The van der Waals surface area contributed by atoms with Crippen LogP contribution >= 0.6 is 12.9 Å². The van der Waals surface area contributed by atoms with E-state index < -0.39 is 6.16 Å². The third-order valence-electron chi connectivity index (χ3n) is 0. The van der Waals surface area contributed by atoms with Crippen LogP contribution in [0.4, 0.5) is 4.79 Å². The molecule has 0 bridgehead atoms. The molecule has 0 unspecified atom stereocenters. The molecule has 7 heavy (non-hydrogen) atoms. The van der Waals surface area contributed by atoms with Gasteiger partial charge in [0.05, 0.1) is 0 Å². The van der Waals surface area contributed by atoms with Crippen LogP contribution in [0.3, 0.4) is 0 Å². The van der Waals surface area contributed by atoms with E-state index in [9.17, 15) is 0 Å². The summed E-state index contributed by atoms with van der Waals surface area (Å²) in [5.74, 6) is 0. The van der Waals surface area contributed by atoms with E-state index in [4.69, 9.17) is 19.6 Å². The molecule has 3 N–H and O–H groups in total. The molecule has 0 amide bonds. The fourth-order valence-corrected chi connectivity index (χ4v) is 0. The van der Waals surface area contributed by atoms with Gasteiger partial charge in [-0.2, -0.15) is 0 Å². The Morgan fingerprint density at radius 3 is 1.43 bits per heavy atom. The Kier molecular flexibility index (Phi) is 35.7. The van der Waals surface area contributed by atoms with E-state index >= 15 is 0 Å². The van der Waals surface area contributed by atoms with E-state index in [1.165, 1.54) is 0 Å². The molecule has 40 valence electrons. The van der Waals surface area contributed by atoms with E-state index in [0.717, 1.165) is 0 Å². The zero-order chi connectivity index (χ0) is 5.58. The van der Waals surface area contributed by atoms with Crippen LogP contribution in [0.25, 0.3) is 0 Å². The van der Waals surface area contributed by atoms with E-state index in [-0.39, 0.29) is 31.0 Å². The summed E-state index contributed by atoms with van der Waals surface area (Å²) in [4.78, 5) is 8.56. The first kappa shape index (κ1) is 15.6. The van der Waals surface area contributed by atoms with Crippen molar-refractivity contribution < 1.29 is 50.5 Å². The molecule has 0 aliphatic carbocycles. The molecular formula is CH5NaO4S. The van der Waals surface area contributed by atoms with Crippen molar-refractivity contribution in [3.8, 4) is 0 Å². The maximum Gasteiger partial charge on any atom is 1.00 e. The summed E-state index contributed by atoms with van der Waals surface area (Å²) < 4.78 is 6.69. The van der Waals surface area contributed by atoms with Crippen molar-refractivity contribution in [2.24, 2.45) is 0 Å². The van der Waals surface area contributed by atoms with Gasteiger partial charge in [0.25, 0.3) is 0 Å². The molecule has 0 saturated carbocycles. The van der Waals surface area contributed by atoms with Crippen LogP contribution in [0.5, 0.6) is 0 Å². The largest absolute Gasteiger partial charge is 1.00 e. The quantitative estimate of drug-likeness (QED) is 0.172. The van der Waals surface area contributed by atoms with Gasteiger partial charge >= 0.3 is 35.7 Å². The van der Waals surface area contributed by atoms with Gasteiger partial charge in [0, 0.05) is 0 Å². The van der Waals surface area contributed by atoms with Crippen LogP contribution in [0.1, 0.15) is 1.43 Å². The number of hydrogen-bond donors (Lipinski definition) is 4. The van der Waals surface area contributed by atoms with Gasteiger partial charge in [-0.15, -0.1) is 0 Å².